The third-order valence-electron chi connectivity index (χ3n) is 14.8. The zero-order valence-electron chi connectivity index (χ0n) is 37.2. The van der Waals surface area contributed by atoms with Crippen LogP contribution in [0.4, 0.5) is 0 Å². The van der Waals surface area contributed by atoms with Gasteiger partial charge in [-0.1, -0.05) is 178 Å². The summed E-state index contributed by atoms with van der Waals surface area (Å²) in [7, 11) is 0. The van der Waals surface area contributed by atoms with E-state index in [4.69, 9.17) is 0 Å². The summed E-state index contributed by atoms with van der Waals surface area (Å²) in [5.74, 6) is 0. The molecule has 0 radical (unpaired) electrons. The van der Waals surface area contributed by atoms with E-state index in [2.05, 4.69) is 243 Å². The molecule has 1 aliphatic rings. The molecule has 2 heterocycles. The predicted molar refractivity (Wildman–Crippen MR) is 288 cm³/mol. The van der Waals surface area contributed by atoms with Gasteiger partial charge in [0.15, 0.2) is 0 Å². The third-order valence-corrected chi connectivity index (χ3v) is 16.0. The zero-order valence-corrected chi connectivity index (χ0v) is 38.0. The highest BCUT2D eigenvalue weighted by molar-refractivity contribution is 7.26. The topological polar surface area (TPSA) is 4.93 Å². The Morgan fingerprint density at radius 2 is 1.01 bits per heavy atom. The van der Waals surface area contributed by atoms with Gasteiger partial charge in [0.1, 0.15) is 0 Å². The molecule has 0 saturated carbocycles. The number of aromatic nitrogens is 1. The molecule has 314 valence electrons. The van der Waals surface area contributed by atoms with Crippen LogP contribution in [0.2, 0.25) is 0 Å². The maximum Gasteiger partial charge on any atom is 0.0541 e. The lowest BCUT2D eigenvalue weighted by atomic mass is 9.82. The van der Waals surface area contributed by atoms with Crippen molar-refractivity contribution in [2.24, 2.45) is 0 Å². The molecule has 0 unspecified atom stereocenters. The Bertz CT molecular complexity index is 4180. The number of rotatable bonds is 5. The van der Waals surface area contributed by atoms with Gasteiger partial charge < -0.3 is 4.57 Å². The summed E-state index contributed by atoms with van der Waals surface area (Å²) < 4.78 is 5.06. The number of fused-ring (bicyclic) bond motifs is 12. The van der Waals surface area contributed by atoms with E-state index >= 15 is 0 Å². The molecule has 0 spiro atoms. The second-order valence-electron chi connectivity index (χ2n) is 18.8. The van der Waals surface area contributed by atoms with Crippen LogP contribution in [0, 0.1) is 0 Å². The Morgan fingerprint density at radius 3 is 1.93 bits per heavy atom. The van der Waals surface area contributed by atoms with Gasteiger partial charge in [0.2, 0.25) is 0 Å². The molecule has 0 saturated heterocycles. The SMILES string of the molecule is CC1(C)c2ccccc2-c2c1ccc1cc(-n3c4ccccc4c4cc(-c5ccc6sc7c(-c8cccc(-c9ccccc9)c8)cc(-c8cccc9ccccc89)cc7c6c5)ccc43)ccc21. The highest BCUT2D eigenvalue weighted by Gasteiger charge is 2.36. The van der Waals surface area contributed by atoms with E-state index in [0.717, 1.165) is 0 Å². The smallest absolute Gasteiger partial charge is 0.0541 e. The van der Waals surface area contributed by atoms with E-state index < -0.39 is 0 Å². The summed E-state index contributed by atoms with van der Waals surface area (Å²) >= 11 is 1.90. The highest BCUT2D eigenvalue weighted by atomic mass is 32.1. The van der Waals surface area contributed by atoms with Gasteiger partial charge in [-0.05, 0) is 143 Å². The van der Waals surface area contributed by atoms with E-state index in [1.807, 2.05) is 11.3 Å². The van der Waals surface area contributed by atoms with E-state index in [0.29, 0.717) is 0 Å². The number of nitrogens with zero attached hydrogens (tertiary/aromatic N) is 1. The molecular formula is C65H43NS. The normalized spacial score (nSPS) is 13.0. The van der Waals surface area contributed by atoms with Crippen LogP contribution in [0.1, 0.15) is 25.0 Å². The van der Waals surface area contributed by atoms with Gasteiger partial charge in [0, 0.05) is 47.6 Å². The molecule has 2 aromatic heterocycles. The number of thiophene rings is 1. The largest absolute Gasteiger partial charge is 0.309 e. The van der Waals surface area contributed by atoms with E-state index in [9.17, 15) is 0 Å². The van der Waals surface area contributed by atoms with Crippen molar-refractivity contribution < 1.29 is 0 Å². The fourth-order valence-electron chi connectivity index (χ4n) is 11.5. The monoisotopic (exact) mass is 869 g/mol. The molecule has 0 fully saturated rings. The quantitative estimate of drug-likeness (QED) is 0.162. The highest BCUT2D eigenvalue weighted by Crippen LogP contribution is 2.52. The molecule has 0 N–H and O–H groups in total. The van der Waals surface area contributed by atoms with Gasteiger partial charge in [-0.3, -0.25) is 0 Å². The van der Waals surface area contributed by atoms with Gasteiger partial charge >= 0.3 is 0 Å². The first-order valence-electron chi connectivity index (χ1n) is 23.3. The molecule has 1 aliphatic carbocycles. The molecule has 0 amide bonds. The average Bonchev–Trinajstić information content (AvgIpc) is 4.00. The maximum atomic E-state index is 2.46. The van der Waals surface area contributed by atoms with Crippen LogP contribution >= 0.6 is 11.3 Å². The molecule has 13 aromatic rings. The summed E-state index contributed by atoms with van der Waals surface area (Å²) in [4.78, 5) is 0. The summed E-state index contributed by atoms with van der Waals surface area (Å²) in [6.45, 7) is 4.72. The molecule has 0 aliphatic heterocycles. The van der Waals surface area contributed by atoms with Crippen LogP contribution in [0.25, 0.3) is 125 Å². The van der Waals surface area contributed by atoms with Gasteiger partial charge in [0.05, 0.1) is 11.0 Å². The number of benzene rings is 11. The standard InChI is InChI=1S/C65H43NS/c1-65(2)58-24-10-8-22-53(58)63-51-30-29-48(35-46(51)26-31-59(63)65)66-60-25-11-9-21-52(60)55-36-43(27-32-61(55)66)44-28-33-62-56(37-44)57-39-47(50-23-13-17-41-16-6-7-20-49(41)50)38-54(64(57)67-62)45-19-12-18-42(34-45)40-14-4-3-5-15-40/h3-39H,1-2H3. The number of hydrogen-bond donors (Lipinski definition) is 0. The second-order valence-corrected chi connectivity index (χ2v) is 19.9. The van der Waals surface area contributed by atoms with Gasteiger partial charge in [-0.25, -0.2) is 0 Å². The molecule has 2 heteroatoms. The van der Waals surface area contributed by atoms with Gasteiger partial charge in [-0.15, -0.1) is 11.3 Å². The van der Waals surface area contributed by atoms with Crippen molar-refractivity contribution in [3.8, 4) is 61.3 Å². The van der Waals surface area contributed by atoms with Crippen molar-refractivity contribution in [1.29, 1.82) is 0 Å². The van der Waals surface area contributed by atoms with Crippen LogP contribution in [0.5, 0.6) is 0 Å². The van der Waals surface area contributed by atoms with Crippen LogP contribution in [-0.2, 0) is 5.41 Å². The average molecular weight is 870 g/mol. The summed E-state index contributed by atoms with van der Waals surface area (Å²) in [6, 6.07) is 83.9. The zero-order chi connectivity index (χ0) is 44.4. The molecule has 67 heavy (non-hydrogen) atoms. The fraction of sp³-hybridized carbons (Fsp3) is 0.0462. The lowest BCUT2D eigenvalue weighted by Crippen LogP contribution is -2.14. The van der Waals surface area contributed by atoms with Gasteiger partial charge in [-0.2, -0.15) is 0 Å². The van der Waals surface area contributed by atoms with Crippen LogP contribution in [-0.4, -0.2) is 4.57 Å². The van der Waals surface area contributed by atoms with E-state index in [1.165, 1.54) is 136 Å². The van der Waals surface area contributed by atoms with E-state index in [-0.39, 0.29) is 5.41 Å². The third kappa shape index (κ3) is 5.80. The van der Waals surface area contributed by atoms with Crippen molar-refractivity contribution in [1.82, 2.24) is 4.57 Å². The molecule has 1 nitrogen and oxygen atoms in total. The summed E-state index contributed by atoms with van der Waals surface area (Å²) in [6.07, 6.45) is 0. The van der Waals surface area contributed by atoms with Crippen LogP contribution < -0.4 is 0 Å². The Hall–Kier alpha value is -8.04. The molecule has 0 bridgehead atoms. The first kappa shape index (κ1) is 38.3. The van der Waals surface area contributed by atoms with Crippen molar-refractivity contribution in [2.75, 3.05) is 0 Å². The Balaban J connectivity index is 0.927. The summed E-state index contributed by atoms with van der Waals surface area (Å²) in [5, 5.41) is 10.2. The lowest BCUT2D eigenvalue weighted by molar-refractivity contribution is 0.661. The summed E-state index contributed by atoms with van der Waals surface area (Å²) in [5.41, 5.74) is 19.0. The lowest BCUT2D eigenvalue weighted by Gasteiger charge is -2.21. The first-order valence-corrected chi connectivity index (χ1v) is 24.1. The Morgan fingerprint density at radius 1 is 0.343 bits per heavy atom. The first-order chi connectivity index (χ1) is 33.0. The van der Waals surface area contributed by atoms with Crippen LogP contribution in [0.15, 0.2) is 224 Å². The van der Waals surface area contributed by atoms with Crippen molar-refractivity contribution in [2.45, 2.75) is 19.3 Å². The van der Waals surface area contributed by atoms with Crippen molar-refractivity contribution in [3.05, 3.63) is 236 Å². The predicted octanol–water partition coefficient (Wildman–Crippen LogP) is 18.4. The number of para-hydroxylation sites is 1. The molecule has 11 aromatic carbocycles. The molecule has 14 rings (SSSR count). The minimum Gasteiger partial charge on any atom is -0.309 e. The van der Waals surface area contributed by atoms with Crippen molar-refractivity contribution >= 4 is 74.9 Å². The second kappa shape index (κ2) is 14.5. The Labute approximate surface area is 393 Å². The minimum atomic E-state index is -0.0247. The Kier molecular flexibility index (Phi) is 8.27. The van der Waals surface area contributed by atoms with Crippen LogP contribution in [0.3, 0.4) is 0 Å². The number of hydrogen-bond acceptors (Lipinski definition) is 1. The maximum absolute atomic E-state index is 2.46. The van der Waals surface area contributed by atoms with E-state index in [1.54, 1.807) is 0 Å². The minimum absolute atomic E-state index is 0.0247. The van der Waals surface area contributed by atoms with Crippen molar-refractivity contribution in [3.63, 3.8) is 0 Å². The van der Waals surface area contributed by atoms with Gasteiger partial charge in [0.25, 0.3) is 0 Å². The molecular weight excluding hydrogens is 827 g/mol. The molecule has 0 atom stereocenters. The fourth-order valence-corrected chi connectivity index (χ4v) is 12.7.